The van der Waals surface area contributed by atoms with Crippen LogP contribution in [-0.4, -0.2) is 5.91 Å². The maximum absolute atomic E-state index is 11.6. The van der Waals surface area contributed by atoms with Gasteiger partial charge < -0.3 is 5.32 Å². The smallest absolute Gasteiger partial charge is 0.224 e. The summed E-state index contributed by atoms with van der Waals surface area (Å²) in [5, 5.41) is 3.09. The Morgan fingerprint density at radius 3 is 2.85 bits per heavy atom. The number of alkyl halides is 1. The number of hydrogen-bond acceptors (Lipinski definition) is 1. The van der Waals surface area contributed by atoms with Crippen LogP contribution in [-0.2, 0) is 11.2 Å². The summed E-state index contributed by atoms with van der Waals surface area (Å²) in [6.07, 6.45) is 6.35. The lowest BCUT2D eigenvalue weighted by molar-refractivity contribution is -0.116. The highest BCUT2D eigenvalue weighted by Gasteiger charge is 2.31. The standard InChI is InChI=1S/C17H22ClNO/c1-11-4-2-6-14(11)17(18)13-8-9-15-12(10-13)5-3-7-16(20)19-15/h8-11,14,17H,2-7H2,1H3,(H,19,20). The van der Waals surface area contributed by atoms with Crippen LogP contribution in [0.15, 0.2) is 18.2 Å². The van der Waals surface area contributed by atoms with Gasteiger partial charge in [-0.2, -0.15) is 0 Å². The summed E-state index contributed by atoms with van der Waals surface area (Å²) < 4.78 is 0. The molecular formula is C17H22ClNO. The maximum Gasteiger partial charge on any atom is 0.224 e. The summed E-state index contributed by atoms with van der Waals surface area (Å²) in [4.78, 5) is 11.6. The van der Waals surface area contributed by atoms with Crippen molar-refractivity contribution in [2.45, 2.75) is 50.8 Å². The minimum absolute atomic E-state index is 0.108. The van der Waals surface area contributed by atoms with Crippen molar-refractivity contribution in [1.82, 2.24) is 0 Å². The number of benzene rings is 1. The van der Waals surface area contributed by atoms with Gasteiger partial charge in [0.15, 0.2) is 0 Å². The molecule has 20 heavy (non-hydrogen) atoms. The van der Waals surface area contributed by atoms with E-state index in [1.165, 1.54) is 30.4 Å². The molecule has 1 amide bonds. The van der Waals surface area contributed by atoms with Crippen molar-refractivity contribution < 1.29 is 4.79 Å². The Morgan fingerprint density at radius 2 is 2.10 bits per heavy atom. The first kappa shape index (κ1) is 13.9. The topological polar surface area (TPSA) is 29.1 Å². The van der Waals surface area contributed by atoms with E-state index in [-0.39, 0.29) is 11.3 Å². The van der Waals surface area contributed by atoms with Gasteiger partial charge >= 0.3 is 0 Å². The van der Waals surface area contributed by atoms with Crippen molar-refractivity contribution in [2.24, 2.45) is 11.8 Å². The van der Waals surface area contributed by atoms with Crippen LogP contribution >= 0.6 is 11.6 Å². The fourth-order valence-electron chi connectivity index (χ4n) is 3.62. The normalized spacial score (nSPS) is 27.6. The fraction of sp³-hybridized carbons (Fsp3) is 0.588. The molecule has 1 heterocycles. The summed E-state index contributed by atoms with van der Waals surface area (Å²) in [5.74, 6) is 1.44. The lowest BCUT2D eigenvalue weighted by atomic mass is 9.89. The summed E-state index contributed by atoms with van der Waals surface area (Å²) in [6.45, 7) is 2.32. The Morgan fingerprint density at radius 1 is 1.25 bits per heavy atom. The summed E-state index contributed by atoms with van der Waals surface area (Å²) in [6, 6.07) is 6.33. The van der Waals surface area contributed by atoms with Crippen molar-refractivity contribution in [3.63, 3.8) is 0 Å². The van der Waals surface area contributed by atoms with Crippen LogP contribution in [0.3, 0.4) is 0 Å². The molecule has 1 aliphatic carbocycles. The summed E-state index contributed by atoms with van der Waals surface area (Å²) in [5.41, 5.74) is 3.43. The van der Waals surface area contributed by atoms with E-state index in [0.717, 1.165) is 24.4 Å². The van der Waals surface area contributed by atoms with E-state index < -0.39 is 0 Å². The molecule has 3 rings (SSSR count). The highest BCUT2D eigenvalue weighted by atomic mass is 35.5. The largest absolute Gasteiger partial charge is 0.326 e. The third-order valence-electron chi connectivity index (χ3n) is 4.88. The molecule has 0 aromatic heterocycles. The van der Waals surface area contributed by atoms with Crippen LogP contribution in [0.1, 0.15) is 55.5 Å². The van der Waals surface area contributed by atoms with Gasteiger partial charge in [-0.05, 0) is 48.3 Å². The number of carbonyl (C=O) groups is 1. The first-order valence-corrected chi connectivity index (χ1v) is 8.15. The first-order chi connectivity index (χ1) is 9.65. The van der Waals surface area contributed by atoms with E-state index in [2.05, 4.69) is 24.4 Å². The molecule has 1 saturated carbocycles. The van der Waals surface area contributed by atoms with Crippen molar-refractivity contribution in [1.29, 1.82) is 0 Å². The SMILES string of the molecule is CC1CCCC1C(Cl)c1ccc2c(c1)CCCC(=O)N2. The first-order valence-electron chi connectivity index (χ1n) is 7.72. The number of amides is 1. The molecule has 3 unspecified atom stereocenters. The van der Waals surface area contributed by atoms with E-state index in [4.69, 9.17) is 11.6 Å². The quantitative estimate of drug-likeness (QED) is 0.788. The molecule has 1 N–H and O–H groups in total. The average molecular weight is 292 g/mol. The molecule has 1 aromatic carbocycles. The molecule has 1 aliphatic heterocycles. The van der Waals surface area contributed by atoms with Crippen LogP contribution in [0.5, 0.6) is 0 Å². The molecule has 0 saturated heterocycles. The van der Waals surface area contributed by atoms with Gasteiger partial charge in [-0.1, -0.05) is 31.9 Å². The molecule has 3 atom stereocenters. The highest BCUT2D eigenvalue weighted by Crippen LogP contribution is 2.44. The number of carbonyl (C=O) groups excluding carboxylic acids is 1. The zero-order valence-corrected chi connectivity index (χ0v) is 12.7. The number of aryl methyl sites for hydroxylation is 1. The number of nitrogens with one attached hydrogen (secondary N) is 1. The van der Waals surface area contributed by atoms with Crippen LogP contribution in [0.25, 0.3) is 0 Å². The van der Waals surface area contributed by atoms with E-state index in [0.29, 0.717) is 12.3 Å². The molecular weight excluding hydrogens is 270 g/mol. The molecule has 1 aromatic rings. The number of anilines is 1. The highest BCUT2D eigenvalue weighted by molar-refractivity contribution is 6.21. The van der Waals surface area contributed by atoms with E-state index in [1.807, 2.05) is 6.07 Å². The van der Waals surface area contributed by atoms with Crippen LogP contribution < -0.4 is 5.32 Å². The Labute approximate surface area is 125 Å². The van der Waals surface area contributed by atoms with Gasteiger partial charge in [-0.15, -0.1) is 11.6 Å². The number of hydrogen-bond donors (Lipinski definition) is 1. The number of fused-ring (bicyclic) bond motifs is 1. The van der Waals surface area contributed by atoms with Gasteiger partial charge in [0.1, 0.15) is 0 Å². The molecule has 2 nitrogen and oxygen atoms in total. The molecule has 3 heteroatoms. The van der Waals surface area contributed by atoms with Crippen LogP contribution in [0, 0.1) is 11.8 Å². The van der Waals surface area contributed by atoms with Crippen LogP contribution in [0.4, 0.5) is 5.69 Å². The minimum atomic E-state index is 0.108. The molecule has 2 aliphatic rings. The summed E-state index contributed by atoms with van der Waals surface area (Å²) >= 11 is 6.73. The molecule has 0 bridgehead atoms. The van der Waals surface area contributed by atoms with Gasteiger partial charge in [0, 0.05) is 12.1 Å². The summed E-state index contributed by atoms with van der Waals surface area (Å²) in [7, 11) is 0. The predicted molar refractivity (Wildman–Crippen MR) is 83.1 cm³/mol. The predicted octanol–water partition coefficient (Wildman–Crippen LogP) is 4.68. The van der Waals surface area contributed by atoms with Gasteiger partial charge in [-0.3, -0.25) is 4.79 Å². The number of halogens is 1. The average Bonchev–Trinajstić information content (AvgIpc) is 2.76. The van der Waals surface area contributed by atoms with Gasteiger partial charge in [0.05, 0.1) is 5.38 Å². The Kier molecular flexibility index (Phi) is 4.02. The van der Waals surface area contributed by atoms with E-state index in [9.17, 15) is 4.79 Å². The second-order valence-electron chi connectivity index (χ2n) is 6.29. The molecule has 108 valence electrons. The van der Waals surface area contributed by atoms with Gasteiger partial charge in [-0.25, -0.2) is 0 Å². The second kappa shape index (κ2) is 5.77. The molecule has 0 radical (unpaired) electrons. The third-order valence-corrected chi connectivity index (χ3v) is 5.45. The Bertz CT molecular complexity index is 514. The van der Waals surface area contributed by atoms with Crippen molar-refractivity contribution in [3.05, 3.63) is 29.3 Å². The Hall–Kier alpha value is -1.02. The molecule has 1 fully saturated rings. The maximum atomic E-state index is 11.6. The number of rotatable bonds is 2. The van der Waals surface area contributed by atoms with Gasteiger partial charge in [0.25, 0.3) is 0 Å². The van der Waals surface area contributed by atoms with Gasteiger partial charge in [0.2, 0.25) is 5.91 Å². The third kappa shape index (κ3) is 2.71. The van der Waals surface area contributed by atoms with Crippen LogP contribution in [0.2, 0.25) is 0 Å². The zero-order valence-electron chi connectivity index (χ0n) is 12.0. The fourth-order valence-corrected chi connectivity index (χ4v) is 4.13. The van der Waals surface area contributed by atoms with E-state index >= 15 is 0 Å². The van der Waals surface area contributed by atoms with Crippen molar-refractivity contribution >= 4 is 23.2 Å². The minimum Gasteiger partial charge on any atom is -0.326 e. The Balaban J connectivity index is 1.84. The second-order valence-corrected chi connectivity index (χ2v) is 6.76. The lowest BCUT2D eigenvalue weighted by Gasteiger charge is -2.22. The lowest BCUT2D eigenvalue weighted by Crippen LogP contribution is -2.12. The molecule has 0 spiro atoms. The van der Waals surface area contributed by atoms with E-state index in [1.54, 1.807) is 0 Å². The monoisotopic (exact) mass is 291 g/mol. The van der Waals surface area contributed by atoms with Crippen molar-refractivity contribution in [3.8, 4) is 0 Å². The van der Waals surface area contributed by atoms with Crippen molar-refractivity contribution in [2.75, 3.05) is 5.32 Å². The zero-order chi connectivity index (χ0) is 14.1.